The monoisotopic (exact) mass is 471 g/mol. The van der Waals surface area contributed by atoms with Crippen LogP contribution in [0.3, 0.4) is 0 Å². The molecule has 0 aliphatic heterocycles. The third kappa shape index (κ3) is 4.85. The van der Waals surface area contributed by atoms with E-state index in [0.29, 0.717) is 23.8 Å². The standard InChI is InChI=1S/C26H24F3NO4/c1-15-3-6-17-7-10-19(23(31)30-22(24(32)33)25(2)11-12-25)21(20(17)13-15)34-14-16-4-8-18(9-5-16)26(27,28)29/h3-10,13,22H,11-12,14H2,1-2H3,(H,30,31)(H,32,33). The van der Waals surface area contributed by atoms with Gasteiger partial charge in [-0.2, -0.15) is 13.2 Å². The predicted molar refractivity (Wildman–Crippen MR) is 121 cm³/mol. The molecule has 1 aliphatic carbocycles. The number of amides is 1. The Morgan fingerprint density at radius 2 is 1.74 bits per heavy atom. The number of ether oxygens (including phenoxy) is 1. The zero-order valence-electron chi connectivity index (χ0n) is 18.7. The number of aryl methyl sites for hydroxylation is 1. The van der Waals surface area contributed by atoms with Gasteiger partial charge in [0.1, 0.15) is 18.4 Å². The number of hydrogen-bond donors (Lipinski definition) is 2. The zero-order chi connectivity index (χ0) is 24.7. The molecule has 3 aromatic rings. The molecular formula is C26H24F3NO4. The Morgan fingerprint density at radius 3 is 2.32 bits per heavy atom. The Morgan fingerprint density at radius 1 is 1.09 bits per heavy atom. The highest BCUT2D eigenvalue weighted by atomic mass is 19.4. The molecule has 0 saturated heterocycles. The van der Waals surface area contributed by atoms with Crippen LogP contribution in [0.2, 0.25) is 0 Å². The first-order valence-electron chi connectivity index (χ1n) is 10.8. The molecule has 8 heteroatoms. The molecule has 1 atom stereocenters. The number of alkyl halides is 3. The minimum absolute atomic E-state index is 0.0639. The van der Waals surface area contributed by atoms with Gasteiger partial charge in [-0.15, -0.1) is 0 Å². The highest BCUT2D eigenvalue weighted by Gasteiger charge is 2.49. The number of carboxylic acids is 1. The number of halogens is 3. The van der Waals surface area contributed by atoms with Gasteiger partial charge >= 0.3 is 12.1 Å². The molecule has 0 radical (unpaired) electrons. The number of carbonyl (C=O) groups is 2. The molecule has 1 amide bonds. The summed E-state index contributed by atoms with van der Waals surface area (Å²) in [6, 6.07) is 12.5. The summed E-state index contributed by atoms with van der Waals surface area (Å²) < 4.78 is 44.6. The molecule has 0 heterocycles. The van der Waals surface area contributed by atoms with Crippen LogP contribution in [0, 0.1) is 12.3 Å². The van der Waals surface area contributed by atoms with Crippen LogP contribution >= 0.6 is 0 Å². The van der Waals surface area contributed by atoms with E-state index in [1.54, 1.807) is 12.1 Å². The van der Waals surface area contributed by atoms with Gasteiger partial charge in [-0.25, -0.2) is 4.79 Å². The van der Waals surface area contributed by atoms with Crippen LogP contribution in [0.5, 0.6) is 5.75 Å². The van der Waals surface area contributed by atoms with Crippen molar-refractivity contribution in [1.29, 1.82) is 0 Å². The van der Waals surface area contributed by atoms with Crippen molar-refractivity contribution in [3.8, 4) is 5.75 Å². The Hall–Kier alpha value is -3.55. The fourth-order valence-electron chi connectivity index (χ4n) is 3.91. The van der Waals surface area contributed by atoms with Crippen molar-refractivity contribution in [2.75, 3.05) is 0 Å². The van der Waals surface area contributed by atoms with E-state index >= 15 is 0 Å². The SMILES string of the molecule is Cc1ccc2ccc(C(=O)NC(C(=O)O)C3(C)CC3)c(OCc3ccc(C(F)(F)F)cc3)c2c1. The smallest absolute Gasteiger partial charge is 0.416 e. The maximum atomic E-state index is 13.2. The summed E-state index contributed by atoms with van der Waals surface area (Å²) in [6.07, 6.45) is -3.02. The van der Waals surface area contributed by atoms with E-state index in [1.165, 1.54) is 12.1 Å². The second-order valence-corrected chi connectivity index (χ2v) is 9.05. The van der Waals surface area contributed by atoms with Crippen LogP contribution in [0.25, 0.3) is 10.8 Å². The summed E-state index contributed by atoms with van der Waals surface area (Å²) in [5, 5.41) is 13.7. The van der Waals surface area contributed by atoms with Crippen LogP contribution in [0.4, 0.5) is 13.2 Å². The van der Waals surface area contributed by atoms with Gasteiger partial charge in [-0.05, 0) is 60.4 Å². The Balaban J connectivity index is 1.66. The summed E-state index contributed by atoms with van der Waals surface area (Å²) in [5.74, 6) is -1.42. The summed E-state index contributed by atoms with van der Waals surface area (Å²) in [7, 11) is 0. The Bertz CT molecular complexity index is 1250. The van der Waals surface area contributed by atoms with Gasteiger partial charge in [0.05, 0.1) is 11.1 Å². The molecule has 4 rings (SSSR count). The van der Waals surface area contributed by atoms with Crippen LogP contribution in [0.15, 0.2) is 54.6 Å². The first kappa shape index (κ1) is 23.6. The second kappa shape index (κ2) is 8.66. The molecule has 34 heavy (non-hydrogen) atoms. The third-order valence-corrected chi connectivity index (χ3v) is 6.29. The molecule has 3 aromatic carbocycles. The van der Waals surface area contributed by atoms with Crippen molar-refractivity contribution in [1.82, 2.24) is 5.32 Å². The van der Waals surface area contributed by atoms with E-state index in [0.717, 1.165) is 23.1 Å². The van der Waals surface area contributed by atoms with Crippen LogP contribution in [-0.4, -0.2) is 23.0 Å². The number of rotatable bonds is 7. The van der Waals surface area contributed by atoms with Gasteiger partial charge in [0.15, 0.2) is 0 Å². The maximum absolute atomic E-state index is 13.2. The van der Waals surface area contributed by atoms with Gasteiger partial charge in [0, 0.05) is 5.39 Å². The van der Waals surface area contributed by atoms with Gasteiger partial charge in [0.25, 0.3) is 5.91 Å². The lowest BCUT2D eigenvalue weighted by atomic mass is 9.97. The highest BCUT2D eigenvalue weighted by Crippen LogP contribution is 2.48. The lowest BCUT2D eigenvalue weighted by molar-refractivity contribution is -0.141. The van der Waals surface area contributed by atoms with E-state index in [1.807, 2.05) is 32.0 Å². The Labute approximate surface area is 194 Å². The van der Waals surface area contributed by atoms with Crippen molar-refractivity contribution in [3.05, 3.63) is 76.9 Å². The summed E-state index contributed by atoms with van der Waals surface area (Å²) in [5.41, 5.74) is 0.345. The number of carbonyl (C=O) groups excluding carboxylic acids is 1. The zero-order valence-corrected chi connectivity index (χ0v) is 18.7. The largest absolute Gasteiger partial charge is 0.487 e. The van der Waals surface area contributed by atoms with E-state index < -0.39 is 35.1 Å². The topological polar surface area (TPSA) is 75.6 Å². The van der Waals surface area contributed by atoms with Crippen LogP contribution < -0.4 is 10.1 Å². The first-order chi connectivity index (χ1) is 16.0. The van der Waals surface area contributed by atoms with Crippen LogP contribution in [-0.2, 0) is 17.6 Å². The average molecular weight is 471 g/mol. The molecule has 0 spiro atoms. The fourth-order valence-corrected chi connectivity index (χ4v) is 3.91. The van der Waals surface area contributed by atoms with Crippen molar-refractivity contribution in [3.63, 3.8) is 0 Å². The second-order valence-electron chi connectivity index (χ2n) is 9.05. The van der Waals surface area contributed by atoms with Gasteiger partial charge in [0.2, 0.25) is 0 Å². The first-order valence-corrected chi connectivity index (χ1v) is 10.8. The highest BCUT2D eigenvalue weighted by molar-refractivity contribution is 6.05. The Kier molecular flexibility index (Phi) is 6.02. The summed E-state index contributed by atoms with van der Waals surface area (Å²) in [4.78, 5) is 24.9. The summed E-state index contributed by atoms with van der Waals surface area (Å²) in [6.45, 7) is 3.64. The van der Waals surface area contributed by atoms with Crippen molar-refractivity contribution in [2.45, 2.75) is 45.5 Å². The third-order valence-electron chi connectivity index (χ3n) is 6.29. The van der Waals surface area contributed by atoms with Crippen molar-refractivity contribution < 1.29 is 32.6 Å². The molecule has 178 valence electrons. The van der Waals surface area contributed by atoms with Gasteiger partial charge < -0.3 is 15.2 Å². The van der Waals surface area contributed by atoms with Crippen LogP contribution in [0.1, 0.15) is 46.8 Å². The van der Waals surface area contributed by atoms with Crippen molar-refractivity contribution >= 4 is 22.6 Å². The molecule has 1 aliphatic rings. The predicted octanol–water partition coefficient (Wildman–Crippen LogP) is 5.73. The fraction of sp³-hybridized carbons (Fsp3) is 0.308. The molecule has 1 fully saturated rings. The average Bonchev–Trinajstić information content (AvgIpc) is 3.52. The maximum Gasteiger partial charge on any atom is 0.416 e. The molecule has 5 nitrogen and oxygen atoms in total. The number of aliphatic carboxylic acids is 1. The van der Waals surface area contributed by atoms with Gasteiger partial charge in [-0.1, -0.05) is 42.8 Å². The minimum Gasteiger partial charge on any atom is -0.487 e. The molecule has 2 N–H and O–H groups in total. The molecule has 1 saturated carbocycles. The number of nitrogens with one attached hydrogen (secondary N) is 1. The molecule has 0 aromatic heterocycles. The molecular weight excluding hydrogens is 447 g/mol. The van der Waals surface area contributed by atoms with E-state index in [4.69, 9.17) is 4.74 Å². The number of fused-ring (bicyclic) bond motifs is 1. The number of benzene rings is 3. The minimum atomic E-state index is -4.43. The van der Waals surface area contributed by atoms with Crippen molar-refractivity contribution in [2.24, 2.45) is 5.41 Å². The van der Waals surface area contributed by atoms with Gasteiger partial charge in [-0.3, -0.25) is 4.79 Å². The molecule has 1 unspecified atom stereocenters. The summed E-state index contributed by atoms with van der Waals surface area (Å²) >= 11 is 0. The normalized spacial score (nSPS) is 15.6. The number of carboxylic acid groups (broad SMARTS) is 1. The van der Waals surface area contributed by atoms with E-state index in [2.05, 4.69) is 5.32 Å². The molecule has 0 bridgehead atoms. The lowest BCUT2D eigenvalue weighted by Crippen LogP contribution is -2.46. The van der Waals surface area contributed by atoms with E-state index in [9.17, 15) is 27.9 Å². The number of hydrogen-bond acceptors (Lipinski definition) is 3. The van der Waals surface area contributed by atoms with E-state index in [-0.39, 0.29) is 17.9 Å². The quantitative estimate of drug-likeness (QED) is 0.462. The lowest BCUT2D eigenvalue weighted by Gasteiger charge is -2.22.